The van der Waals surface area contributed by atoms with Crippen LogP contribution in [0.15, 0.2) is 30.3 Å². The van der Waals surface area contributed by atoms with Gasteiger partial charge in [-0.15, -0.1) is 10.2 Å². The van der Waals surface area contributed by atoms with Crippen molar-refractivity contribution < 1.29 is 19.1 Å². The molecule has 0 unspecified atom stereocenters. The van der Waals surface area contributed by atoms with Gasteiger partial charge in [0.05, 0.1) is 24.2 Å². The number of aryl methyl sites for hydroxylation is 1. The summed E-state index contributed by atoms with van der Waals surface area (Å²) in [7, 11) is 10.6. The number of aromatic nitrogens is 4. The highest BCUT2D eigenvalue weighted by Gasteiger charge is 2.30. The summed E-state index contributed by atoms with van der Waals surface area (Å²) in [5.41, 5.74) is 2.55. The second-order valence-corrected chi connectivity index (χ2v) is 10.8. The number of hydrogen-bond donors (Lipinski definition) is 3. The van der Waals surface area contributed by atoms with Crippen molar-refractivity contribution in [2.24, 2.45) is 13.0 Å². The minimum absolute atomic E-state index is 0.0221. The summed E-state index contributed by atoms with van der Waals surface area (Å²) >= 11 is 0. The van der Waals surface area contributed by atoms with Gasteiger partial charge in [-0.25, -0.2) is 0 Å². The fraction of sp³-hybridized carbons (Fsp3) is 0.360. The highest BCUT2D eigenvalue weighted by molar-refractivity contribution is 6.60. The van der Waals surface area contributed by atoms with Crippen molar-refractivity contribution in [1.29, 1.82) is 0 Å². The molecular weight excluding hydrogens is 509 g/mol. The largest absolute Gasteiger partial charge is 0.494 e. The number of nitrogens with one attached hydrogen (secondary N) is 3. The Hall–Kier alpha value is -4.29. The Labute approximate surface area is 235 Å². The van der Waals surface area contributed by atoms with E-state index in [2.05, 4.69) is 31.2 Å². The van der Waals surface area contributed by atoms with Crippen molar-refractivity contribution in [3.8, 4) is 17.0 Å². The number of para-hydroxylation sites is 1. The molecule has 3 amide bonds. The highest BCUT2D eigenvalue weighted by atomic mass is 16.5. The Kier molecular flexibility index (Phi) is 8.22. The molecule has 1 aromatic carbocycles. The van der Waals surface area contributed by atoms with Crippen LogP contribution in [0.25, 0.3) is 11.3 Å². The number of nitrogens with zero attached hydrogens (tertiary/aromatic N) is 5. The van der Waals surface area contributed by atoms with E-state index in [0.717, 1.165) is 12.8 Å². The van der Waals surface area contributed by atoms with Gasteiger partial charge in [-0.1, -0.05) is 6.07 Å². The van der Waals surface area contributed by atoms with Crippen LogP contribution in [0.4, 0.5) is 17.2 Å². The maximum atomic E-state index is 13.1. The van der Waals surface area contributed by atoms with E-state index in [1.165, 1.54) is 7.11 Å². The summed E-state index contributed by atoms with van der Waals surface area (Å²) < 4.78 is 7.32. The second kappa shape index (κ2) is 11.4. The van der Waals surface area contributed by atoms with E-state index in [9.17, 15) is 14.4 Å². The van der Waals surface area contributed by atoms with E-state index < -0.39 is 11.1 Å². The molecule has 0 radical (unpaired) electrons. The van der Waals surface area contributed by atoms with Gasteiger partial charge < -0.3 is 25.6 Å². The van der Waals surface area contributed by atoms with E-state index >= 15 is 0 Å². The van der Waals surface area contributed by atoms with Gasteiger partial charge in [-0.05, 0) is 43.2 Å². The number of rotatable bonds is 10. The van der Waals surface area contributed by atoms with Gasteiger partial charge in [-0.2, -0.15) is 5.10 Å². The lowest BCUT2D eigenvalue weighted by atomic mass is 9.49. The van der Waals surface area contributed by atoms with Gasteiger partial charge in [-0.3, -0.25) is 19.1 Å². The average Bonchev–Trinajstić information content (AvgIpc) is 3.68. The van der Waals surface area contributed by atoms with Crippen LogP contribution in [-0.2, 0) is 11.8 Å². The van der Waals surface area contributed by atoms with Crippen LogP contribution >= 0.6 is 0 Å². The Bertz CT molecular complexity index is 1450. The smallest absolute Gasteiger partial charge is 0.272 e. The van der Waals surface area contributed by atoms with Crippen molar-refractivity contribution in [3.05, 3.63) is 41.7 Å². The fourth-order valence-electron chi connectivity index (χ4n) is 4.03. The molecule has 3 aromatic rings. The summed E-state index contributed by atoms with van der Waals surface area (Å²) in [6.45, 7) is 2.47. The maximum absolute atomic E-state index is 13.1. The minimum Gasteiger partial charge on any atom is -0.494 e. The molecule has 1 saturated carbocycles. The van der Waals surface area contributed by atoms with Crippen molar-refractivity contribution in [2.45, 2.75) is 25.0 Å². The quantitative estimate of drug-likeness (QED) is 0.286. The van der Waals surface area contributed by atoms with E-state index in [-0.39, 0.29) is 29.2 Å². The molecular formula is C25H33B3N8O4. The summed E-state index contributed by atoms with van der Waals surface area (Å²) in [6, 6.07) is 8.74. The van der Waals surface area contributed by atoms with Crippen molar-refractivity contribution in [2.75, 3.05) is 31.3 Å². The first-order valence-corrected chi connectivity index (χ1v) is 13.2. The molecule has 3 N–H and O–H groups in total. The third-order valence-corrected chi connectivity index (χ3v) is 6.38. The zero-order chi connectivity index (χ0) is 29.2. The first kappa shape index (κ1) is 28.7. The lowest BCUT2D eigenvalue weighted by Gasteiger charge is -2.22. The lowest BCUT2D eigenvalue weighted by Crippen LogP contribution is -2.50. The Morgan fingerprint density at radius 1 is 1.15 bits per heavy atom. The van der Waals surface area contributed by atoms with Crippen LogP contribution in [0.1, 0.15) is 40.7 Å². The summed E-state index contributed by atoms with van der Waals surface area (Å²) in [4.78, 5) is 39.9. The molecule has 0 spiro atoms. The Balaban J connectivity index is 1.73. The maximum Gasteiger partial charge on any atom is 0.272 e. The molecule has 2 aromatic heterocycles. The summed E-state index contributed by atoms with van der Waals surface area (Å²) in [5, 5.41) is 21.2. The second-order valence-electron chi connectivity index (χ2n) is 10.8. The van der Waals surface area contributed by atoms with E-state index in [1.54, 1.807) is 41.9 Å². The molecule has 0 aliphatic heterocycles. The van der Waals surface area contributed by atoms with Crippen LogP contribution in [0.3, 0.4) is 0 Å². The molecule has 2 heterocycles. The van der Waals surface area contributed by atoms with Crippen LogP contribution in [0.5, 0.6) is 5.75 Å². The third kappa shape index (κ3) is 6.46. The number of benzene rings is 1. The number of anilines is 3. The van der Waals surface area contributed by atoms with Crippen LogP contribution in [0, 0.1) is 5.92 Å². The minimum atomic E-state index is -0.507. The number of hydrogen-bond acceptors (Lipinski definition) is 8. The highest BCUT2D eigenvalue weighted by Crippen LogP contribution is 2.38. The normalized spacial score (nSPS) is 12.9. The predicted octanol–water partition coefficient (Wildman–Crippen LogP) is -0.690. The number of amides is 3. The van der Waals surface area contributed by atoms with Crippen molar-refractivity contribution in [1.82, 2.24) is 30.2 Å². The molecule has 0 saturated heterocycles. The molecule has 1 aliphatic rings. The van der Waals surface area contributed by atoms with Gasteiger partial charge in [0.25, 0.3) is 11.8 Å². The number of methoxy groups -OCH3 is 1. The SMILES string of the molecule is BC(B)(B)NC(=O)c1nnc(NC(=O)C2CC2)cc1Nc1cccc(-c2cc(C(=O)N(C)CC)n(C)n2)c1OC. The predicted molar refractivity (Wildman–Crippen MR) is 160 cm³/mol. The molecule has 40 heavy (non-hydrogen) atoms. The van der Waals surface area contributed by atoms with Crippen molar-refractivity contribution in [3.63, 3.8) is 0 Å². The van der Waals surface area contributed by atoms with Crippen LogP contribution in [0.2, 0.25) is 0 Å². The topological polar surface area (TPSA) is 143 Å². The average molecular weight is 542 g/mol. The molecule has 15 heteroatoms. The van der Waals surface area contributed by atoms with E-state index in [1.807, 2.05) is 42.6 Å². The lowest BCUT2D eigenvalue weighted by molar-refractivity contribution is -0.117. The molecule has 0 bridgehead atoms. The van der Waals surface area contributed by atoms with Crippen LogP contribution < -0.4 is 20.7 Å². The number of carbonyl (C=O) groups excluding carboxylic acids is 3. The Morgan fingerprint density at radius 3 is 2.50 bits per heavy atom. The monoisotopic (exact) mass is 542 g/mol. The summed E-state index contributed by atoms with van der Waals surface area (Å²) in [6.07, 6.45) is 1.69. The fourth-order valence-corrected chi connectivity index (χ4v) is 4.03. The van der Waals surface area contributed by atoms with E-state index in [4.69, 9.17) is 4.74 Å². The first-order valence-electron chi connectivity index (χ1n) is 13.2. The molecule has 0 atom stereocenters. The number of carbonyl (C=O) groups is 3. The molecule has 1 fully saturated rings. The molecule has 12 nitrogen and oxygen atoms in total. The third-order valence-electron chi connectivity index (χ3n) is 6.38. The van der Waals surface area contributed by atoms with Gasteiger partial charge in [0.1, 0.15) is 29.2 Å². The molecule has 206 valence electrons. The van der Waals surface area contributed by atoms with Gasteiger partial charge in [0.15, 0.2) is 17.3 Å². The van der Waals surface area contributed by atoms with Gasteiger partial charge in [0, 0.05) is 38.2 Å². The standard InChI is InChI=1S/C25H33B3N8O4/c1-5-35(2)24(39)18-11-16(34-36(18)3)14-7-6-8-15(21(14)40-4)29-17-12-19(30-22(37)13-9-10-13)32-33-20(17)23(38)31-25(26,27)28/h6-8,11-13H,5,9-10,26-28H2,1-4H3,(H,31,38)(H2,29,30,32,37). The molecule has 4 rings (SSSR count). The molecule has 1 aliphatic carbocycles. The van der Waals surface area contributed by atoms with Crippen LogP contribution in [-0.4, -0.2) is 92.1 Å². The summed E-state index contributed by atoms with van der Waals surface area (Å²) in [5.74, 6) is -0.0337. The zero-order valence-corrected chi connectivity index (χ0v) is 24.0. The zero-order valence-electron chi connectivity index (χ0n) is 24.0. The van der Waals surface area contributed by atoms with E-state index in [0.29, 0.717) is 40.6 Å². The Morgan fingerprint density at radius 2 is 1.88 bits per heavy atom. The number of ether oxygens (including phenoxy) is 1. The van der Waals surface area contributed by atoms with Gasteiger partial charge >= 0.3 is 0 Å². The van der Waals surface area contributed by atoms with Crippen molar-refractivity contribution >= 4 is 58.5 Å². The van der Waals surface area contributed by atoms with Gasteiger partial charge in [0.2, 0.25) is 5.91 Å². The first-order chi connectivity index (χ1) is 18.9.